The lowest BCUT2D eigenvalue weighted by molar-refractivity contribution is 0.0730. The Kier molecular flexibility index (Phi) is 4.16. The second-order valence-corrected chi connectivity index (χ2v) is 6.03. The van der Waals surface area contributed by atoms with E-state index in [9.17, 15) is 8.42 Å². The van der Waals surface area contributed by atoms with Crippen LogP contribution in [0.15, 0.2) is 35.2 Å². The number of ether oxygens (including phenoxy) is 1. The van der Waals surface area contributed by atoms with Crippen molar-refractivity contribution >= 4 is 16.1 Å². The smallest absolute Gasteiger partial charge is 0.243 e. The summed E-state index contributed by atoms with van der Waals surface area (Å²) in [6.45, 7) is 3.69. The van der Waals surface area contributed by atoms with Crippen molar-refractivity contribution in [3.63, 3.8) is 0 Å². The first kappa shape index (κ1) is 13.3. The Hall–Kier alpha value is -1.17. The van der Waals surface area contributed by atoms with Crippen molar-refractivity contribution in [3.05, 3.63) is 35.9 Å². The second-order valence-electron chi connectivity index (χ2n) is 4.09. The molecule has 0 radical (unpaired) electrons. The third-order valence-corrected chi connectivity index (χ3v) is 4.72. The molecule has 0 aliphatic carbocycles. The zero-order valence-electron chi connectivity index (χ0n) is 10.4. The van der Waals surface area contributed by atoms with Crippen molar-refractivity contribution in [3.8, 4) is 0 Å². The van der Waals surface area contributed by atoms with Crippen molar-refractivity contribution in [2.75, 3.05) is 26.3 Å². The van der Waals surface area contributed by atoms with Gasteiger partial charge in [0.15, 0.2) is 0 Å². The van der Waals surface area contributed by atoms with Crippen LogP contribution >= 0.6 is 0 Å². The summed E-state index contributed by atoms with van der Waals surface area (Å²) in [6.07, 6.45) is 3.78. The molecule has 1 aliphatic rings. The molecule has 0 N–H and O–H groups in total. The van der Waals surface area contributed by atoms with Gasteiger partial charge in [-0.3, -0.25) is 0 Å². The minimum Gasteiger partial charge on any atom is -0.379 e. The number of rotatable bonds is 3. The summed E-state index contributed by atoms with van der Waals surface area (Å²) < 4.78 is 31.4. The average molecular weight is 267 g/mol. The molecule has 0 unspecified atom stereocenters. The molecule has 0 bridgehead atoms. The third-order valence-electron chi connectivity index (χ3n) is 2.83. The highest BCUT2D eigenvalue weighted by atomic mass is 32.2. The van der Waals surface area contributed by atoms with Crippen LogP contribution in [0.25, 0.3) is 6.08 Å². The number of morpholine rings is 1. The van der Waals surface area contributed by atoms with Gasteiger partial charge in [0.2, 0.25) is 10.0 Å². The van der Waals surface area contributed by atoms with E-state index in [2.05, 4.69) is 0 Å². The Labute approximate surface area is 108 Å². The predicted molar refractivity (Wildman–Crippen MR) is 70.7 cm³/mol. The quantitative estimate of drug-likeness (QED) is 0.838. The molecular weight excluding hydrogens is 250 g/mol. The van der Waals surface area contributed by atoms with Gasteiger partial charge in [0.1, 0.15) is 0 Å². The molecule has 0 aromatic heterocycles. The van der Waals surface area contributed by atoms with Crippen LogP contribution in [0, 0.1) is 0 Å². The summed E-state index contributed by atoms with van der Waals surface area (Å²) in [7, 11) is -3.38. The lowest BCUT2D eigenvalue weighted by Gasteiger charge is -2.26. The first-order valence-corrected chi connectivity index (χ1v) is 7.39. The molecule has 5 heteroatoms. The fourth-order valence-corrected chi connectivity index (χ4v) is 3.37. The highest BCUT2D eigenvalue weighted by molar-refractivity contribution is 7.89. The van der Waals surface area contributed by atoms with Gasteiger partial charge in [-0.2, -0.15) is 4.31 Å². The van der Waals surface area contributed by atoms with Crippen LogP contribution < -0.4 is 0 Å². The molecule has 1 aromatic rings. The topological polar surface area (TPSA) is 46.6 Å². The molecule has 1 heterocycles. The van der Waals surface area contributed by atoms with Gasteiger partial charge in [-0.25, -0.2) is 8.42 Å². The molecule has 1 saturated heterocycles. The molecule has 1 aromatic carbocycles. The van der Waals surface area contributed by atoms with Crippen LogP contribution in [0.2, 0.25) is 0 Å². The van der Waals surface area contributed by atoms with Crippen molar-refractivity contribution in [1.82, 2.24) is 4.31 Å². The normalized spacial score (nSPS) is 18.3. The van der Waals surface area contributed by atoms with E-state index in [-0.39, 0.29) is 0 Å². The predicted octanol–water partition coefficient (Wildman–Crippen LogP) is 1.74. The number of nitrogens with zero attached hydrogens (tertiary/aromatic N) is 1. The molecule has 18 heavy (non-hydrogen) atoms. The molecular formula is C13H17NO3S. The maximum Gasteiger partial charge on any atom is 0.243 e. The van der Waals surface area contributed by atoms with Gasteiger partial charge in [0.25, 0.3) is 0 Å². The molecule has 98 valence electrons. The van der Waals surface area contributed by atoms with Gasteiger partial charge >= 0.3 is 0 Å². The zero-order valence-corrected chi connectivity index (χ0v) is 11.2. The number of hydrogen-bond donors (Lipinski definition) is 0. The van der Waals surface area contributed by atoms with Crippen LogP contribution in [-0.4, -0.2) is 39.0 Å². The largest absolute Gasteiger partial charge is 0.379 e. The van der Waals surface area contributed by atoms with Crippen molar-refractivity contribution < 1.29 is 13.2 Å². The number of sulfonamides is 1. The van der Waals surface area contributed by atoms with E-state index in [0.29, 0.717) is 31.2 Å². The van der Waals surface area contributed by atoms with Crippen LogP contribution in [-0.2, 0) is 14.8 Å². The molecule has 0 spiro atoms. The molecule has 1 aliphatic heterocycles. The summed E-state index contributed by atoms with van der Waals surface area (Å²) in [5, 5.41) is 0. The lowest BCUT2D eigenvalue weighted by Crippen LogP contribution is -2.40. The molecule has 2 rings (SSSR count). The Morgan fingerprint density at radius 3 is 2.67 bits per heavy atom. The standard InChI is InChI=1S/C13H17NO3S/c1-2-4-12-5-3-6-13(11-12)18(15,16)14-7-9-17-10-8-14/h2-6,11H,7-10H2,1H3/b4-2-. The van der Waals surface area contributed by atoms with E-state index < -0.39 is 10.0 Å². The second kappa shape index (κ2) is 5.65. The monoisotopic (exact) mass is 267 g/mol. The summed E-state index contributed by atoms with van der Waals surface area (Å²) >= 11 is 0. The van der Waals surface area contributed by atoms with Gasteiger partial charge in [-0.15, -0.1) is 0 Å². The van der Waals surface area contributed by atoms with Crippen LogP contribution in [0.4, 0.5) is 0 Å². The minimum atomic E-state index is -3.38. The van der Waals surface area contributed by atoms with Gasteiger partial charge in [0, 0.05) is 13.1 Å². The minimum absolute atomic E-state index is 0.347. The first-order valence-electron chi connectivity index (χ1n) is 5.95. The maximum absolute atomic E-state index is 12.4. The summed E-state index contributed by atoms with van der Waals surface area (Å²) in [4.78, 5) is 0.347. The first-order chi connectivity index (χ1) is 8.64. The fourth-order valence-electron chi connectivity index (χ4n) is 1.91. The Balaban J connectivity index is 2.31. The maximum atomic E-state index is 12.4. The average Bonchev–Trinajstić information content (AvgIpc) is 2.40. The third kappa shape index (κ3) is 2.80. The van der Waals surface area contributed by atoms with Gasteiger partial charge in [-0.1, -0.05) is 24.3 Å². The SMILES string of the molecule is C/C=C\c1cccc(S(=O)(=O)N2CCOCC2)c1. The fraction of sp³-hybridized carbons (Fsp3) is 0.385. The van der Waals surface area contributed by atoms with E-state index in [0.717, 1.165) is 5.56 Å². The molecule has 4 nitrogen and oxygen atoms in total. The van der Waals surface area contributed by atoms with Gasteiger partial charge < -0.3 is 4.74 Å². The lowest BCUT2D eigenvalue weighted by atomic mass is 10.2. The van der Waals surface area contributed by atoms with E-state index in [4.69, 9.17) is 4.74 Å². The Morgan fingerprint density at radius 1 is 1.28 bits per heavy atom. The highest BCUT2D eigenvalue weighted by Gasteiger charge is 2.26. The van der Waals surface area contributed by atoms with Crippen molar-refractivity contribution in [1.29, 1.82) is 0 Å². The van der Waals surface area contributed by atoms with Crippen LogP contribution in [0.1, 0.15) is 12.5 Å². The molecule has 1 fully saturated rings. The van der Waals surface area contributed by atoms with E-state index >= 15 is 0 Å². The van der Waals surface area contributed by atoms with Crippen molar-refractivity contribution in [2.24, 2.45) is 0 Å². The molecule has 0 saturated carbocycles. The molecule has 0 atom stereocenters. The van der Waals surface area contributed by atoms with Crippen molar-refractivity contribution in [2.45, 2.75) is 11.8 Å². The number of benzene rings is 1. The summed E-state index contributed by atoms with van der Waals surface area (Å²) in [5.74, 6) is 0. The highest BCUT2D eigenvalue weighted by Crippen LogP contribution is 2.18. The van der Waals surface area contributed by atoms with Gasteiger partial charge in [-0.05, 0) is 24.6 Å². The van der Waals surface area contributed by atoms with E-state index in [1.807, 2.05) is 25.1 Å². The zero-order chi connectivity index (χ0) is 13.0. The van der Waals surface area contributed by atoms with E-state index in [1.165, 1.54) is 4.31 Å². The number of hydrogen-bond acceptors (Lipinski definition) is 3. The number of allylic oxidation sites excluding steroid dienone is 1. The summed E-state index contributed by atoms with van der Waals surface area (Å²) in [6, 6.07) is 6.99. The van der Waals surface area contributed by atoms with Crippen LogP contribution in [0.3, 0.4) is 0 Å². The Morgan fingerprint density at radius 2 is 2.00 bits per heavy atom. The Bertz CT molecular complexity index is 531. The van der Waals surface area contributed by atoms with Gasteiger partial charge in [0.05, 0.1) is 18.1 Å². The summed E-state index contributed by atoms with van der Waals surface area (Å²) in [5.41, 5.74) is 0.895. The van der Waals surface area contributed by atoms with Crippen LogP contribution in [0.5, 0.6) is 0 Å². The molecule has 0 amide bonds. The van der Waals surface area contributed by atoms with E-state index in [1.54, 1.807) is 18.2 Å².